The van der Waals surface area contributed by atoms with Gasteiger partial charge in [0.05, 0.1) is 26.2 Å². The van der Waals surface area contributed by atoms with Crippen LogP contribution in [0.1, 0.15) is 26.9 Å². The summed E-state index contributed by atoms with van der Waals surface area (Å²) in [7, 11) is 0. The van der Waals surface area contributed by atoms with Crippen LogP contribution < -0.4 is 10.6 Å². The number of nitrogens with zero attached hydrogens (tertiary/aromatic N) is 5. The van der Waals surface area contributed by atoms with E-state index in [0.717, 1.165) is 10.5 Å². The van der Waals surface area contributed by atoms with Gasteiger partial charge in [-0.1, -0.05) is 16.8 Å². The van der Waals surface area contributed by atoms with Crippen molar-refractivity contribution in [2.45, 2.75) is 6.54 Å². The average molecular weight is 499 g/mol. The maximum absolute atomic E-state index is 12.2. The smallest absolute Gasteiger partial charge is 0.316 e. The minimum Gasteiger partial charge on any atom is -0.350 e. The van der Waals surface area contributed by atoms with Crippen LogP contribution in [0, 0.1) is 10.1 Å². The fourth-order valence-electron chi connectivity index (χ4n) is 2.30. The van der Waals surface area contributed by atoms with Crippen molar-refractivity contribution in [3.05, 3.63) is 67.5 Å². The van der Waals surface area contributed by atoms with Gasteiger partial charge in [0.15, 0.2) is 5.82 Å². The summed E-state index contributed by atoms with van der Waals surface area (Å²) in [5, 5.41) is 23.7. The molecule has 0 aliphatic heterocycles. The second-order valence-electron chi connectivity index (χ2n) is 5.80. The first-order chi connectivity index (χ1) is 14.3. The number of halogens is 2. The number of nitro benzene ring substituents is 1. The van der Waals surface area contributed by atoms with Crippen molar-refractivity contribution in [3.8, 4) is 0 Å². The van der Waals surface area contributed by atoms with Crippen LogP contribution in [-0.2, 0) is 6.54 Å². The van der Waals surface area contributed by atoms with Crippen LogP contribution >= 0.6 is 27.5 Å². The van der Waals surface area contributed by atoms with Crippen molar-refractivity contribution >= 4 is 45.0 Å². The molecule has 0 bridgehead atoms. The van der Waals surface area contributed by atoms with Crippen LogP contribution in [0.25, 0.3) is 0 Å². The van der Waals surface area contributed by atoms with Crippen LogP contribution in [0.2, 0.25) is 5.02 Å². The number of rotatable bonds is 8. The lowest BCUT2D eigenvalue weighted by molar-refractivity contribution is -0.384. The van der Waals surface area contributed by atoms with Crippen molar-refractivity contribution in [2.24, 2.45) is 0 Å². The van der Waals surface area contributed by atoms with E-state index in [2.05, 4.69) is 41.8 Å². The van der Waals surface area contributed by atoms with Gasteiger partial charge in [-0.25, -0.2) is 0 Å². The van der Waals surface area contributed by atoms with Gasteiger partial charge in [0.2, 0.25) is 0 Å². The third kappa shape index (κ3) is 5.39. The van der Waals surface area contributed by atoms with Crippen LogP contribution in [-0.4, -0.2) is 49.7 Å². The van der Waals surface area contributed by atoms with Gasteiger partial charge < -0.3 is 15.2 Å². The lowest BCUT2D eigenvalue weighted by atomic mass is 10.2. The highest BCUT2D eigenvalue weighted by molar-refractivity contribution is 9.10. The molecular formula is C16H13BrClN7O5. The van der Waals surface area contributed by atoms with Crippen molar-refractivity contribution in [1.29, 1.82) is 0 Å². The predicted octanol–water partition coefficient (Wildman–Crippen LogP) is 1.80. The summed E-state index contributed by atoms with van der Waals surface area (Å²) in [6, 6.07) is 3.54. The van der Waals surface area contributed by atoms with Crippen LogP contribution in [0.5, 0.6) is 0 Å². The Hall–Kier alpha value is -3.32. The number of amides is 2. The molecule has 14 heteroatoms. The fourth-order valence-corrected chi connectivity index (χ4v) is 2.84. The minimum atomic E-state index is -0.628. The fraction of sp³-hybridized carbons (Fsp3) is 0.188. The number of non-ortho nitro benzene ring substituents is 1. The molecule has 1 aromatic carbocycles. The zero-order valence-corrected chi connectivity index (χ0v) is 17.4. The number of hydrogen-bond acceptors (Lipinski definition) is 8. The maximum Gasteiger partial charge on any atom is 0.316 e. The van der Waals surface area contributed by atoms with E-state index in [9.17, 15) is 19.7 Å². The van der Waals surface area contributed by atoms with E-state index in [-0.39, 0.29) is 47.6 Å². The minimum absolute atomic E-state index is 0.0380. The summed E-state index contributed by atoms with van der Waals surface area (Å²) in [6.45, 7) is 0.329. The highest BCUT2D eigenvalue weighted by atomic mass is 79.9. The van der Waals surface area contributed by atoms with Gasteiger partial charge in [-0.15, -0.1) is 0 Å². The molecule has 0 atom stereocenters. The molecule has 2 aromatic heterocycles. The van der Waals surface area contributed by atoms with Crippen LogP contribution in [0.3, 0.4) is 0 Å². The summed E-state index contributed by atoms with van der Waals surface area (Å²) in [4.78, 5) is 38.4. The zero-order chi connectivity index (χ0) is 21.7. The molecular weight excluding hydrogens is 486 g/mol. The number of hydrogen-bond donors (Lipinski definition) is 2. The van der Waals surface area contributed by atoms with Gasteiger partial charge >= 0.3 is 11.8 Å². The Labute approximate surface area is 181 Å². The molecule has 0 saturated heterocycles. The van der Waals surface area contributed by atoms with Gasteiger partial charge in [0, 0.05) is 31.4 Å². The van der Waals surface area contributed by atoms with Crippen molar-refractivity contribution < 1.29 is 19.0 Å². The highest BCUT2D eigenvalue weighted by Gasteiger charge is 2.17. The average Bonchev–Trinajstić information content (AvgIpc) is 3.34. The third-order valence-corrected chi connectivity index (χ3v) is 4.41. The molecule has 3 aromatic rings. The molecule has 2 N–H and O–H groups in total. The van der Waals surface area contributed by atoms with Gasteiger partial charge in [-0.05, 0) is 22.0 Å². The second kappa shape index (κ2) is 9.45. The summed E-state index contributed by atoms with van der Waals surface area (Å²) in [5.74, 6) is -1.19. The van der Waals surface area contributed by atoms with E-state index in [1.54, 1.807) is 17.1 Å². The quantitative estimate of drug-likeness (QED) is 0.270. The summed E-state index contributed by atoms with van der Waals surface area (Å²) < 4.78 is 7.26. The van der Waals surface area contributed by atoms with E-state index in [1.165, 1.54) is 12.1 Å². The van der Waals surface area contributed by atoms with Gasteiger partial charge in [-0.2, -0.15) is 10.1 Å². The number of carbonyl (C=O) groups excluding carboxylic acids is 2. The molecule has 0 aliphatic carbocycles. The molecule has 30 heavy (non-hydrogen) atoms. The number of carbonyl (C=O) groups is 2. The monoisotopic (exact) mass is 497 g/mol. The van der Waals surface area contributed by atoms with E-state index in [0.29, 0.717) is 0 Å². The van der Waals surface area contributed by atoms with Gasteiger partial charge in [0.25, 0.3) is 11.6 Å². The van der Waals surface area contributed by atoms with E-state index < -0.39 is 16.7 Å². The Balaban J connectivity index is 1.47. The first-order valence-electron chi connectivity index (χ1n) is 8.34. The second-order valence-corrected chi connectivity index (χ2v) is 7.13. The number of aromatic nitrogens is 4. The molecule has 12 nitrogen and oxygen atoms in total. The molecule has 0 aliphatic rings. The largest absolute Gasteiger partial charge is 0.350 e. The van der Waals surface area contributed by atoms with Crippen LogP contribution in [0.15, 0.2) is 39.6 Å². The van der Waals surface area contributed by atoms with Crippen LogP contribution in [0.4, 0.5) is 5.69 Å². The van der Waals surface area contributed by atoms with Gasteiger partial charge in [0.1, 0.15) is 6.54 Å². The number of benzene rings is 1. The topological polar surface area (TPSA) is 158 Å². The summed E-state index contributed by atoms with van der Waals surface area (Å²) >= 11 is 9.18. The first kappa shape index (κ1) is 21.4. The lowest BCUT2D eigenvalue weighted by Gasteiger charge is -2.07. The number of nitrogens with one attached hydrogen (secondary N) is 2. The Morgan fingerprint density at radius 1 is 1.27 bits per heavy atom. The molecule has 3 rings (SSSR count). The normalized spacial score (nSPS) is 10.6. The summed E-state index contributed by atoms with van der Waals surface area (Å²) in [5.41, 5.74) is -0.295. The van der Waals surface area contributed by atoms with E-state index in [1.807, 2.05) is 0 Å². The van der Waals surface area contributed by atoms with Gasteiger partial charge in [-0.3, -0.25) is 24.4 Å². The zero-order valence-electron chi connectivity index (χ0n) is 15.0. The standard InChI is InChI=1S/C16H13BrClN7O5/c17-9-6-21-24(7-9)8-13-22-16(30-23-13)15(27)20-4-3-19-14(26)11-5-10(25(28)29)1-2-12(11)18/h1-2,5-7H,3-4,8H2,(H,19,26)(H,20,27). The van der Waals surface area contributed by atoms with Crippen molar-refractivity contribution in [3.63, 3.8) is 0 Å². The molecule has 2 heterocycles. The molecule has 0 fully saturated rings. The highest BCUT2D eigenvalue weighted by Crippen LogP contribution is 2.21. The number of nitro groups is 1. The lowest BCUT2D eigenvalue weighted by Crippen LogP contribution is -2.35. The van der Waals surface area contributed by atoms with Crippen molar-refractivity contribution in [1.82, 2.24) is 30.6 Å². The Morgan fingerprint density at radius 3 is 2.67 bits per heavy atom. The molecule has 0 spiro atoms. The third-order valence-electron chi connectivity index (χ3n) is 3.67. The Morgan fingerprint density at radius 2 is 2.00 bits per heavy atom. The SMILES string of the molecule is O=C(NCCNC(=O)c1cc([N+](=O)[O-])ccc1Cl)c1nc(Cn2cc(Br)cn2)no1. The first-order valence-corrected chi connectivity index (χ1v) is 9.51. The molecule has 156 valence electrons. The predicted molar refractivity (Wildman–Crippen MR) is 106 cm³/mol. The maximum atomic E-state index is 12.2. The molecule has 0 saturated carbocycles. The molecule has 0 radical (unpaired) electrons. The van der Waals surface area contributed by atoms with Crippen molar-refractivity contribution in [2.75, 3.05) is 13.1 Å². The van der Waals surface area contributed by atoms with E-state index >= 15 is 0 Å². The Bertz CT molecular complexity index is 1100. The Kier molecular flexibility index (Phi) is 6.74. The van der Waals surface area contributed by atoms with E-state index in [4.69, 9.17) is 16.1 Å². The summed E-state index contributed by atoms with van der Waals surface area (Å²) in [6.07, 6.45) is 3.31. The molecule has 0 unspecified atom stereocenters. The molecule has 2 amide bonds.